The van der Waals surface area contributed by atoms with Crippen molar-refractivity contribution in [2.45, 2.75) is 19.4 Å². The number of thiophene rings is 1. The Labute approximate surface area is 162 Å². The van der Waals surface area contributed by atoms with Gasteiger partial charge in [-0.2, -0.15) is 0 Å². The Hall–Kier alpha value is -2.26. The molecule has 9 heteroatoms. The summed E-state index contributed by atoms with van der Waals surface area (Å²) in [7, 11) is 3.50. The minimum absolute atomic E-state index is 0.0353. The molecule has 0 unspecified atom stereocenters. The van der Waals surface area contributed by atoms with Crippen LogP contribution in [0.25, 0.3) is 10.2 Å². The lowest BCUT2D eigenvalue weighted by atomic mass is 10.3. The minimum Gasteiger partial charge on any atom is -0.348 e. The van der Waals surface area contributed by atoms with Crippen molar-refractivity contribution in [3.63, 3.8) is 0 Å². The van der Waals surface area contributed by atoms with Crippen molar-refractivity contribution in [2.75, 3.05) is 46.8 Å². The van der Waals surface area contributed by atoms with E-state index in [-0.39, 0.29) is 23.8 Å². The molecule has 146 valence electrons. The van der Waals surface area contributed by atoms with E-state index in [1.165, 1.54) is 22.2 Å². The zero-order chi connectivity index (χ0) is 19.4. The first-order valence-electron chi connectivity index (χ1n) is 9.08. The molecule has 0 N–H and O–H groups in total. The average Bonchev–Trinajstić information content (AvgIpc) is 3.01. The fraction of sp³-hybridized carbons (Fsp3) is 0.556. The first-order valence-corrected chi connectivity index (χ1v) is 9.96. The van der Waals surface area contributed by atoms with Gasteiger partial charge in [0.1, 0.15) is 4.83 Å². The van der Waals surface area contributed by atoms with Crippen molar-refractivity contribution >= 4 is 33.4 Å². The van der Waals surface area contributed by atoms with E-state index in [1.54, 1.807) is 25.1 Å². The number of carbonyl (C=O) groups excluding carboxylic acids is 2. The molecule has 8 nitrogen and oxygen atoms in total. The largest absolute Gasteiger partial charge is 0.348 e. The topological polar surface area (TPSA) is 78.8 Å². The molecule has 0 bridgehead atoms. The molecule has 1 aliphatic heterocycles. The van der Waals surface area contributed by atoms with Crippen LogP contribution in [0.1, 0.15) is 12.8 Å². The van der Waals surface area contributed by atoms with E-state index in [2.05, 4.69) is 9.88 Å². The van der Waals surface area contributed by atoms with Crippen molar-refractivity contribution < 1.29 is 9.59 Å². The molecule has 2 aromatic heterocycles. The van der Waals surface area contributed by atoms with Crippen molar-refractivity contribution in [1.29, 1.82) is 0 Å². The molecular weight excluding hydrogens is 366 g/mol. The van der Waals surface area contributed by atoms with Crippen LogP contribution in [0.2, 0.25) is 0 Å². The highest BCUT2D eigenvalue weighted by Gasteiger charge is 2.21. The van der Waals surface area contributed by atoms with Crippen molar-refractivity contribution in [1.82, 2.24) is 24.3 Å². The van der Waals surface area contributed by atoms with Gasteiger partial charge < -0.3 is 9.80 Å². The third kappa shape index (κ3) is 4.72. The molecule has 2 amide bonds. The van der Waals surface area contributed by atoms with Crippen molar-refractivity contribution in [3.05, 3.63) is 28.1 Å². The van der Waals surface area contributed by atoms with Crippen LogP contribution in [-0.2, 0) is 16.1 Å². The zero-order valence-electron chi connectivity index (χ0n) is 15.8. The summed E-state index contributed by atoms with van der Waals surface area (Å²) in [6.45, 7) is 3.50. The smallest absolute Gasteiger partial charge is 0.262 e. The van der Waals surface area contributed by atoms with E-state index in [0.29, 0.717) is 38.1 Å². The van der Waals surface area contributed by atoms with Crippen LogP contribution in [0.5, 0.6) is 0 Å². The number of fused-ring (bicyclic) bond motifs is 1. The second-order valence-electron chi connectivity index (χ2n) is 6.93. The van der Waals surface area contributed by atoms with Crippen LogP contribution in [-0.4, -0.2) is 82.9 Å². The lowest BCUT2D eigenvalue weighted by molar-refractivity contribution is -0.131. The zero-order valence-corrected chi connectivity index (χ0v) is 16.6. The normalized spacial score (nSPS) is 15.7. The van der Waals surface area contributed by atoms with Gasteiger partial charge in [-0.15, -0.1) is 11.3 Å². The van der Waals surface area contributed by atoms with E-state index < -0.39 is 0 Å². The summed E-state index contributed by atoms with van der Waals surface area (Å²) in [4.78, 5) is 47.4. The maximum Gasteiger partial charge on any atom is 0.262 e. The summed E-state index contributed by atoms with van der Waals surface area (Å²) in [6, 6.07) is 1.77. The fourth-order valence-corrected chi connectivity index (χ4v) is 3.86. The predicted molar refractivity (Wildman–Crippen MR) is 105 cm³/mol. The van der Waals surface area contributed by atoms with E-state index >= 15 is 0 Å². The molecule has 3 rings (SSSR count). The highest BCUT2D eigenvalue weighted by atomic mass is 32.1. The Morgan fingerprint density at radius 1 is 1.22 bits per heavy atom. The van der Waals surface area contributed by atoms with Crippen molar-refractivity contribution in [3.8, 4) is 0 Å². The Bertz CT molecular complexity index is 875. The second kappa shape index (κ2) is 8.62. The number of carbonyl (C=O) groups is 2. The number of hydrogen-bond donors (Lipinski definition) is 0. The predicted octanol–water partition coefficient (Wildman–Crippen LogP) is 0.471. The molecule has 3 heterocycles. The van der Waals surface area contributed by atoms with Crippen LogP contribution in [0.3, 0.4) is 0 Å². The minimum atomic E-state index is -0.0988. The van der Waals surface area contributed by atoms with Gasteiger partial charge in [-0.1, -0.05) is 0 Å². The summed E-state index contributed by atoms with van der Waals surface area (Å²) >= 11 is 1.43. The molecule has 1 fully saturated rings. The van der Waals surface area contributed by atoms with E-state index in [4.69, 9.17) is 0 Å². The number of nitrogens with zero attached hydrogens (tertiary/aromatic N) is 5. The van der Waals surface area contributed by atoms with Crippen molar-refractivity contribution in [2.24, 2.45) is 0 Å². The van der Waals surface area contributed by atoms with Gasteiger partial charge in [-0.05, 0) is 17.9 Å². The number of hydrogen-bond acceptors (Lipinski definition) is 6. The first kappa shape index (κ1) is 19.5. The first-order chi connectivity index (χ1) is 13.0. The number of rotatable bonds is 5. The summed E-state index contributed by atoms with van der Waals surface area (Å²) in [6.07, 6.45) is 2.63. The van der Waals surface area contributed by atoms with Gasteiger partial charge in [0, 0.05) is 53.2 Å². The molecule has 27 heavy (non-hydrogen) atoms. The summed E-state index contributed by atoms with van der Waals surface area (Å²) in [5.41, 5.74) is -0.0988. The Kier molecular flexibility index (Phi) is 6.22. The van der Waals surface area contributed by atoms with Gasteiger partial charge in [0.15, 0.2) is 0 Å². The Morgan fingerprint density at radius 3 is 2.81 bits per heavy atom. The quantitative estimate of drug-likeness (QED) is 0.740. The van der Waals surface area contributed by atoms with E-state index in [1.807, 2.05) is 10.3 Å². The van der Waals surface area contributed by atoms with Gasteiger partial charge in [0.2, 0.25) is 11.8 Å². The molecule has 0 aromatic carbocycles. The van der Waals surface area contributed by atoms with E-state index in [9.17, 15) is 14.4 Å². The molecule has 0 spiro atoms. The Balaban J connectivity index is 1.54. The summed E-state index contributed by atoms with van der Waals surface area (Å²) in [5.74, 6) is 0.110. The molecule has 0 atom stereocenters. The monoisotopic (exact) mass is 391 g/mol. The van der Waals surface area contributed by atoms with Crippen LogP contribution >= 0.6 is 11.3 Å². The van der Waals surface area contributed by atoms with Gasteiger partial charge in [0.05, 0.1) is 18.3 Å². The lowest BCUT2D eigenvalue weighted by Crippen LogP contribution is -2.39. The molecular formula is C18H25N5O3S. The molecule has 0 aliphatic carbocycles. The molecule has 0 radical (unpaired) electrons. The number of aryl methyl sites for hydroxylation is 1. The number of amides is 2. The molecule has 1 saturated heterocycles. The second-order valence-corrected chi connectivity index (χ2v) is 7.83. The highest BCUT2D eigenvalue weighted by Crippen LogP contribution is 2.13. The standard InChI is InChI=1S/C18H25N5O3S/c1-20(2)16(25)12-21-6-3-7-22(10-9-21)15(24)4-8-23-13-19-17-14(18(23)26)5-11-27-17/h5,11,13H,3-4,6-10,12H2,1-2H3. The average molecular weight is 391 g/mol. The van der Waals surface area contributed by atoms with Crippen LogP contribution in [0.4, 0.5) is 0 Å². The molecule has 1 aliphatic rings. The highest BCUT2D eigenvalue weighted by molar-refractivity contribution is 7.16. The fourth-order valence-electron chi connectivity index (χ4n) is 3.14. The van der Waals surface area contributed by atoms with Gasteiger partial charge >= 0.3 is 0 Å². The van der Waals surface area contributed by atoms with Gasteiger partial charge in [0.25, 0.3) is 5.56 Å². The van der Waals surface area contributed by atoms with Crippen LogP contribution < -0.4 is 5.56 Å². The number of aromatic nitrogens is 2. The third-order valence-electron chi connectivity index (χ3n) is 4.82. The Morgan fingerprint density at radius 2 is 2.04 bits per heavy atom. The summed E-state index contributed by atoms with van der Waals surface area (Å²) < 4.78 is 1.51. The summed E-state index contributed by atoms with van der Waals surface area (Å²) in [5, 5.41) is 2.45. The lowest BCUT2D eigenvalue weighted by Gasteiger charge is -2.23. The van der Waals surface area contributed by atoms with Crippen LogP contribution in [0.15, 0.2) is 22.6 Å². The molecule has 2 aromatic rings. The maximum atomic E-state index is 12.6. The van der Waals surface area contributed by atoms with E-state index in [0.717, 1.165) is 17.8 Å². The van der Waals surface area contributed by atoms with Crippen LogP contribution in [0, 0.1) is 0 Å². The SMILES string of the molecule is CN(C)C(=O)CN1CCCN(C(=O)CCn2cnc3sccc3c2=O)CC1. The number of likely N-dealkylation sites (N-methyl/N-ethyl adjacent to an activating group) is 1. The maximum absolute atomic E-state index is 12.6. The van der Waals surface area contributed by atoms with Gasteiger partial charge in [-0.25, -0.2) is 4.98 Å². The van der Waals surface area contributed by atoms with Gasteiger partial charge in [-0.3, -0.25) is 23.9 Å². The third-order valence-corrected chi connectivity index (χ3v) is 5.64. The molecule has 0 saturated carbocycles.